The fraction of sp³-hybridized carbons (Fsp3) is 0.556. The molecule has 1 N–H and O–H groups in total. The summed E-state index contributed by atoms with van der Waals surface area (Å²) in [6.45, 7) is 4.54. The molecule has 24 heavy (non-hydrogen) atoms. The van der Waals surface area contributed by atoms with Gasteiger partial charge in [0.15, 0.2) is 0 Å². The highest BCUT2D eigenvalue weighted by Crippen LogP contribution is 2.28. The largest absolute Gasteiger partial charge is 0.347 e. The SMILES string of the molecule is O=C(NCC(=O)N1CCN(CCSc2ccccc2)CC1)C1CC1. The van der Waals surface area contributed by atoms with Crippen LogP contribution in [-0.4, -0.2) is 66.6 Å². The molecule has 1 saturated carbocycles. The molecule has 1 aliphatic carbocycles. The number of thioether (sulfide) groups is 1. The monoisotopic (exact) mass is 347 g/mol. The third kappa shape index (κ3) is 5.24. The maximum absolute atomic E-state index is 12.1. The van der Waals surface area contributed by atoms with Crippen molar-refractivity contribution >= 4 is 23.6 Å². The van der Waals surface area contributed by atoms with Gasteiger partial charge in [-0.15, -0.1) is 11.8 Å². The lowest BCUT2D eigenvalue weighted by Crippen LogP contribution is -2.51. The van der Waals surface area contributed by atoms with Crippen LogP contribution in [0.5, 0.6) is 0 Å². The Hall–Kier alpha value is -1.53. The van der Waals surface area contributed by atoms with Gasteiger partial charge in [-0.25, -0.2) is 0 Å². The summed E-state index contributed by atoms with van der Waals surface area (Å²) in [4.78, 5) is 29.3. The van der Waals surface area contributed by atoms with Crippen molar-refractivity contribution in [3.63, 3.8) is 0 Å². The van der Waals surface area contributed by atoms with Crippen molar-refractivity contribution in [1.82, 2.24) is 15.1 Å². The lowest BCUT2D eigenvalue weighted by atomic mass is 10.3. The minimum Gasteiger partial charge on any atom is -0.347 e. The Kier molecular flexibility index (Phi) is 6.15. The van der Waals surface area contributed by atoms with E-state index < -0.39 is 0 Å². The van der Waals surface area contributed by atoms with Crippen molar-refractivity contribution in [2.24, 2.45) is 5.92 Å². The number of rotatable bonds is 7. The van der Waals surface area contributed by atoms with Crippen molar-refractivity contribution in [1.29, 1.82) is 0 Å². The highest BCUT2D eigenvalue weighted by Gasteiger charge is 2.30. The molecule has 6 heteroatoms. The fourth-order valence-electron chi connectivity index (χ4n) is 2.79. The normalized spacial score (nSPS) is 18.4. The van der Waals surface area contributed by atoms with E-state index in [9.17, 15) is 9.59 Å². The predicted molar refractivity (Wildman–Crippen MR) is 95.9 cm³/mol. The minimum atomic E-state index is 0.0416. The van der Waals surface area contributed by atoms with Crippen LogP contribution in [0.1, 0.15) is 12.8 Å². The zero-order valence-electron chi connectivity index (χ0n) is 13.9. The molecule has 0 spiro atoms. The maximum atomic E-state index is 12.1. The fourth-order valence-corrected chi connectivity index (χ4v) is 3.73. The highest BCUT2D eigenvalue weighted by atomic mass is 32.2. The van der Waals surface area contributed by atoms with E-state index in [1.54, 1.807) is 0 Å². The first-order valence-electron chi connectivity index (χ1n) is 8.68. The minimum absolute atomic E-state index is 0.0416. The second-order valence-electron chi connectivity index (χ2n) is 6.38. The molecule has 0 atom stereocenters. The number of hydrogen-bond acceptors (Lipinski definition) is 4. The third-order valence-corrected chi connectivity index (χ3v) is 5.50. The summed E-state index contributed by atoms with van der Waals surface area (Å²) in [7, 11) is 0. The van der Waals surface area contributed by atoms with E-state index in [4.69, 9.17) is 0 Å². The van der Waals surface area contributed by atoms with Gasteiger partial charge in [0.2, 0.25) is 11.8 Å². The highest BCUT2D eigenvalue weighted by molar-refractivity contribution is 7.99. The average Bonchev–Trinajstić information content (AvgIpc) is 3.46. The molecule has 2 aliphatic rings. The molecule has 3 rings (SSSR count). The molecule has 1 aromatic carbocycles. The topological polar surface area (TPSA) is 52.7 Å². The van der Waals surface area contributed by atoms with Crippen LogP contribution < -0.4 is 5.32 Å². The number of carbonyl (C=O) groups excluding carboxylic acids is 2. The second-order valence-corrected chi connectivity index (χ2v) is 7.54. The first-order chi connectivity index (χ1) is 11.7. The van der Waals surface area contributed by atoms with Gasteiger partial charge >= 0.3 is 0 Å². The van der Waals surface area contributed by atoms with E-state index in [0.717, 1.165) is 51.3 Å². The zero-order chi connectivity index (χ0) is 16.8. The number of nitrogens with zero attached hydrogens (tertiary/aromatic N) is 2. The van der Waals surface area contributed by atoms with Crippen LogP contribution in [0.2, 0.25) is 0 Å². The standard InChI is InChI=1S/C18H25N3O2S/c22-17(14-19-18(23)15-6-7-15)21-10-8-20(9-11-21)12-13-24-16-4-2-1-3-5-16/h1-5,15H,6-14H2,(H,19,23). The molecule has 130 valence electrons. The van der Waals surface area contributed by atoms with Crippen molar-refractivity contribution in [3.8, 4) is 0 Å². The van der Waals surface area contributed by atoms with Gasteiger partial charge in [-0.05, 0) is 25.0 Å². The van der Waals surface area contributed by atoms with E-state index in [1.807, 2.05) is 22.7 Å². The van der Waals surface area contributed by atoms with Crippen molar-refractivity contribution < 1.29 is 9.59 Å². The van der Waals surface area contributed by atoms with Gasteiger partial charge in [-0.3, -0.25) is 14.5 Å². The lowest BCUT2D eigenvalue weighted by molar-refractivity contribution is -0.134. The quantitative estimate of drug-likeness (QED) is 0.759. The van der Waals surface area contributed by atoms with Crippen molar-refractivity contribution in [2.75, 3.05) is 45.0 Å². The molecule has 0 radical (unpaired) electrons. The van der Waals surface area contributed by atoms with Crippen LogP contribution in [0.15, 0.2) is 35.2 Å². The Morgan fingerprint density at radius 2 is 1.79 bits per heavy atom. The van der Waals surface area contributed by atoms with Gasteiger partial charge in [0, 0.05) is 49.3 Å². The van der Waals surface area contributed by atoms with E-state index in [2.05, 4.69) is 34.5 Å². The summed E-state index contributed by atoms with van der Waals surface area (Å²) < 4.78 is 0. The van der Waals surface area contributed by atoms with E-state index in [1.165, 1.54) is 4.90 Å². The molecular weight excluding hydrogens is 322 g/mol. The number of benzene rings is 1. The Morgan fingerprint density at radius 1 is 1.08 bits per heavy atom. The summed E-state index contributed by atoms with van der Waals surface area (Å²) in [6.07, 6.45) is 1.94. The first-order valence-corrected chi connectivity index (χ1v) is 9.66. The summed E-state index contributed by atoms with van der Waals surface area (Å²) in [5.74, 6) is 1.31. The molecule has 1 heterocycles. The van der Waals surface area contributed by atoms with E-state index >= 15 is 0 Å². The molecule has 0 unspecified atom stereocenters. The van der Waals surface area contributed by atoms with Gasteiger partial charge in [0.1, 0.15) is 0 Å². The molecular formula is C18H25N3O2S. The Bertz CT molecular complexity index is 555. The number of carbonyl (C=O) groups is 2. The van der Waals surface area contributed by atoms with Crippen LogP contribution >= 0.6 is 11.8 Å². The van der Waals surface area contributed by atoms with Crippen LogP contribution in [0.25, 0.3) is 0 Å². The summed E-state index contributed by atoms with van der Waals surface area (Å²) in [5, 5.41) is 2.76. The van der Waals surface area contributed by atoms with Crippen LogP contribution in [0.4, 0.5) is 0 Å². The van der Waals surface area contributed by atoms with Crippen LogP contribution in [0.3, 0.4) is 0 Å². The average molecular weight is 347 g/mol. The summed E-state index contributed by atoms with van der Waals surface area (Å²) >= 11 is 1.87. The van der Waals surface area contributed by atoms with E-state index in [0.29, 0.717) is 0 Å². The maximum Gasteiger partial charge on any atom is 0.242 e. The van der Waals surface area contributed by atoms with Gasteiger partial charge < -0.3 is 10.2 Å². The van der Waals surface area contributed by atoms with Crippen molar-refractivity contribution in [2.45, 2.75) is 17.7 Å². The first kappa shape index (κ1) is 17.3. The molecule has 1 aliphatic heterocycles. The second kappa shape index (κ2) is 8.53. The van der Waals surface area contributed by atoms with Gasteiger partial charge in [0.25, 0.3) is 0 Å². The van der Waals surface area contributed by atoms with Crippen LogP contribution in [0, 0.1) is 5.92 Å². The Morgan fingerprint density at radius 3 is 2.46 bits per heavy atom. The van der Waals surface area contributed by atoms with E-state index in [-0.39, 0.29) is 24.3 Å². The molecule has 1 saturated heterocycles. The third-order valence-electron chi connectivity index (χ3n) is 4.51. The molecule has 1 aromatic rings. The molecule has 2 amide bonds. The van der Waals surface area contributed by atoms with Gasteiger partial charge in [0.05, 0.1) is 6.54 Å². The summed E-state index contributed by atoms with van der Waals surface area (Å²) in [5.41, 5.74) is 0. The number of amides is 2. The number of hydrogen-bond donors (Lipinski definition) is 1. The predicted octanol–water partition coefficient (Wildman–Crippen LogP) is 1.45. The molecule has 5 nitrogen and oxygen atoms in total. The van der Waals surface area contributed by atoms with Crippen molar-refractivity contribution in [3.05, 3.63) is 30.3 Å². The van der Waals surface area contributed by atoms with Crippen LogP contribution in [-0.2, 0) is 9.59 Å². The number of piperazine rings is 1. The Labute approximate surface area is 147 Å². The summed E-state index contributed by atoms with van der Waals surface area (Å²) in [6, 6.07) is 10.4. The zero-order valence-corrected chi connectivity index (χ0v) is 14.8. The Balaban J connectivity index is 1.30. The lowest BCUT2D eigenvalue weighted by Gasteiger charge is -2.34. The van der Waals surface area contributed by atoms with Gasteiger partial charge in [-0.2, -0.15) is 0 Å². The molecule has 0 aromatic heterocycles. The number of nitrogens with one attached hydrogen (secondary N) is 1. The smallest absolute Gasteiger partial charge is 0.242 e. The van der Waals surface area contributed by atoms with Gasteiger partial charge in [-0.1, -0.05) is 18.2 Å². The molecule has 0 bridgehead atoms. The molecule has 2 fully saturated rings.